The zero-order valence-electron chi connectivity index (χ0n) is 25.6. The van der Waals surface area contributed by atoms with E-state index in [0.29, 0.717) is 13.0 Å². The SMILES string of the molecule is CC(C)CCCCCCCCCCCCCCC(=O)OCCCCCCCCCCCCCC(C)C. The fourth-order valence-electron chi connectivity index (χ4n) is 5.09. The molecule has 2 heteroatoms. The third-order valence-corrected chi connectivity index (χ3v) is 7.60. The minimum atomic E-state index is 0.0248. The molecule has 0 fully saturated rings. The van der Waals surface area contributed by atoms with E-state index in [4.69, 9.17) is 4.74 Å². The van der Waals surface area contributed by atoms with Crippen LogP contribution in [-0.4, -0.2) is 12.6 Å². The molecule has 0 radical (unpaired) electrons. The molecule has 0 N–H and O–H groups in total. The van der Waals surface area contributed by atoms with Gasteiger partial charge in [0.05, 0.1) is 6.61 Å². The summed E-state index contributed by atoms with van der Waals surface area (Å²) in [4.78, 5) is 11.9. The summed E-state index contributed by atoms with van der Waals surface area (Å²) < 4.78 is 5.43. The Morgan fingerprint density at radius 1 is 0.417 bits per heavy atom. The van der Waals surface area contributed by atoms with Gasteiger partial charge in [-0.1, -0.05) is 175 Å². The summed E-state index contributed by atoms with van der Waals surface area (Å²) in [6.07, 6.45) is 34.3. The van der Waals surface area contributed by atoms with Crippen molar-refractivity contribution in [1.29, 1.82) is 0 Å². The lowest BCUT2D eigenvalue weighted by atomic mass is 10.0. The van der Waals surface area contributed by atoms with Gasteiger partial charge in [0.25, 0.3) is 0 Å². The van der Waals surface area contributed by atoms with Crippen LogP contribution in [0.25, 0.3) is 0 Å². The Balaban J connectivity index is 3.16. The Labute approximate surface area is 228 Å². The molecule has 0 atom stereocenters. The fourth-order valence-corrected chi connectivity index (χ4v) is 5.09. The van der Waals surface area contributed by atoms with Crippen LogP contribution in [0.3, 0.4) is 0 Å². The number of esters is 1. The van der Waals surface area contributed by atoms with Gasteiger partial charge in [0.2, 0.25) is 0 Å². The lowest BCUT2D eigenvalue weighted by molar-refractivity contribution is -0.143. The summed E-state index contributed by atoms with van der Waals surface area (Å²) in [5.74, 6) is 1.76. The van der Waals surface area contributed by atoms with Gasteiger partial charge in [0.15, 0.2) is 0 Å². The molecule has 0 amide bonds. The predicted octanol–water partition coefficient (Wildman–Crippen LogP) is 12.0. The highest BCUT2D eigenvalue weighted by Gasteiger charge is 2.03. The average molecular weight is 509 g/mol. The van der Waals surface area contributed by atoms with Gasteiger partial charge in [-0.05, 0) is 24.7 Å². The van der Waals surface area contributed by atoms with E-state index in [1.54, 1.807) is 0 Å². The van der Waals surface area contributed by atoms with Gasteiger partial charge in [-0.15, -0.1) is 0 Å². The third-order valence-electron chi connectivity index (χ3n) is 7.60. The lowest BCUT2D eigenvalue weighted by Gasteiger charge is -2.06. The van der Waals surface area contributed by atoms with E-state index in [1.165, 1.54) is 148 Å². The van der Waals surface area contributed by atoms with Gasteiger partial charge in [0, 0.05) is 6.42 Å². The van der Waals surface area contributed by atoms with Crippen molar-refractivity contribution in [3.63, 3.8) is 0 Å². The largest absolute Gasteiger partial charge is 0.466 e. The van der Waals surface area contributed by atoms with Gasteiger partial charge >= 0.3 is 5.97 Å². The monoisotopic (exact) mass is 509 g/mol. The number of hydrogen-bond donors (Lipinski definition) is 0. The van der Waals surface area contributed by atoms with Crippen molar-refractivity contribution in [2.24, 2.45) is 11.8 Å². The molecule has 0 saturated heterocycles. The Hall–Kier alpha value is -0.530. The van der Waals surface area contributed by atoms with Crippen LogP contribution in [0.1, 0.15) is 195 Å². The highest BCUT2D eigenvalue weighted by molar-refractivity contribution is 5.69. The Morgan fingerprint density at radius 3 is 1.03 bits per heavy atom. The minimum Gasteiger partial charge on any atom is -0.466 e. The number of carbonyl (C=O) groups is 1. The standard InChI is InChI=1S/C34H68O2/c1-32(2)28-24-20-16-12-8-5-6-10-14-18-22-26-30-34(35)36-31-27-23-19-15-11-7-9-13-17-21-25-29-33(3)4/h32-33H,5-31H2,1-4H3. The van der Waals surface area contributed by atoms with Crippen LogP contribution in [0, 0.1) is 11.8 Å². The molecule has 216 valence electrons. The van der Waals surface area contributed by atoms with Gasteiger partial charge in [0.1, 0.15) is 0 Å². The van der Waals surface area contributed by atoms with E-state index in [9.17, 15) is 4.79 Å². The summed E-state index contributed by atoms with van der Waals surface area (Å²) in [5, 5.41) is 0. The maximum Gasteiger partial charge on any atom is 0.305 e. The van der Waals surface area contributed by atoms with Crippen LogP contribution in [0.4, 0.5) is 0 Å². The van der Waals surface area contributed by atoms with E-state index in [-0.39, 0.29) is 5.97 Å². The normalized spacial score (nSPS) is 11.6. The second kappa shape index (κ2) is 29.0. The first kappa shape index (κ1) is 35.5. The van der Waals surface area contributed by atoms with E-state index in [1.807, 2.05) is 0 Å². The predicted molar refractivity (Wildman–Crippen MR) is 161 cm³/mol. The van der Waals surface area contributed by atoms with Crippen molar-refractivity contribution in [1.82, 2.24) is 0 Å². The molecule has 0 spiro atoms. The third kappa shape index (κ3) is 31.5. The van der Waals surface area contributed by atoms with Crippen LogP contribution in [0.5, 0.6) is 0 Å². The molecule has 0 aliphatic carbocycles. The first-order valence-electron chi connectivity index (χ1n) is 16.7. The summed E-state index contributed by atoms with van der Waals surface area (Å²) in [7, 11) is 0. The maximum atomic E-state index is 11.9. The number of ether oxygens (including phenoxy) is 1. The highest BCUT2D eigenvalue weighted by Crippen LogP contribution is 2.15. The summed E-state index contributed by atoms with van der Waals surface area (Å²) in [6.45, 7) is 9.94. The van der Waals surface area contributed by atoms with Crippen LogP contribution < -0.4 is 0 Å². The molecular weight excluding hydrogens is 440 g/mol. The molecule has 0 unspecified atom stereocenters. The summed E-state index contributed by atoms with van der Waals surface area (Å²) >= 11 is 0. The second-order valence-corrected chi connectivity index (χ2v) is 12.5. The number of carbonyl (C=O) groups excluding carboxylic acids is 1. The quantitative estimate of drug-likeness (QED) is 0.0741. The first-order chi connectivity index (χ1) is 17.5. The Kier molecular flexibility index (Phi) is 28.6. The molecule has 0 rings (SSSR count). The smallest absolute Gasteiger partial charge is 0.305 e. The topological polar surface area (TPSA) is 26.3 Å². The molecule has 0 bridgehead atoms. The molecule has 0 aromatic rings. The zero-order chi connectivity index (χ0) is 26.5. The van der Waals surface area contributed by atoms with Gasteiger partial charge < -0.3 is 4.74 Å². The summed E-state index contributed by atoms with van der Waals surface area (Å²) in [6, 6.07) is 0. The van der Waals surface area contributed by atoms with E-state index in [2.05, 4.69) is 27.7 Å². The molecule has 0 aliphatic rings. The number of hydrogen-bond acceptors (Lipinski definition) is 2. The van der Waals surface area contributed by atoms with Crippen LogP contribution in [0.15, 0.2) is 0 Å². The minimum absolute atomic E-state index is 0.0248. The molecule has 2 nitrogen and oxygen atoms in total. The first-order valence-corrected chi connectivity index (χ1v) is 16.7. The summed E-state index contributed by atoms with van der Waals surface area (Å²) in [5.41, 5.74) is 0. The molecule has 0 heterocycles. The van der Waals surface area contributed by atoms with Crippen molar-refractivity contribution in [2.75, 3.05) is 6.61 Å². The van der Waals surface area contributed by atoms with Gasteiger partial charge in [-0.25, -0.2) is 0 Å². The Bertz CT molecular complexity index is 391. The molecule has 0 aromatic carbocycles. The second-order valence-electron chi connectivity index (χ2n) is 12.5. The Morgan fingerprint density at radius 2 is 0.694 bits per heavy atom. The molecule has 0 aromatic heterocycles. The van der Waals surface area contributed by atoms with Gasteiger partial charge in [-0.2, -0.15) is 0 Å². The van der Waals surface area contributed by atoms with Crippen molar-refractivity contribution < 1.29 is 9.53 Å². The van der Waals surface area contributed by atoms with E-state index in [0.717, 1.165) is 24.7 Å². The van der Waals surface area contributed by atoms with E-state index < -0.39 is 0 Å². The molecular formula is C34H68O2. The van der Waals surface area contributed by atoms with Crippen molar-refractivity contribution >= 4 is 5.97 Å². The highest BCUT2D eigenvalue weighted by atomic mass is 16.5. The van der Waals surface area contributed by atoms with E-state index >= 15 is 0 Å². The molecule has 0 saturated carbocycles. The lowest BCUT2D eigenvalue weighted by Crippen LogP contribution is -2.05. The van der Waals surface area contributed by atoms with Gasteiger partial charge in [-0.3, -0.25) is 4.79 Å². The van der Waals surface area contributed by atoms with Crippen LogP contribution >= 0.6 is 0 Å². The average Bonchev–Trinajstić information content (AvgIpc) is 2.84. The number of rotatable bonds is 29. The van der Waals surface area contributed by atoms with Crippen molar-refractivity contribution in [2.45, 2.75) is 195 Å². The zero-order valence-corrected chi connectivity index (χ0v) is 25.6. The maximum absolute atomic E-state index is 11.9. The molecule has 36 heavy (non-hydrogen) atoms. The van der Waals surface area contributed by atoms with Crippen molar-refractivity contribution in [3.8, 4) is 0 Å². The van der Waals surface area contributed by atoms with Crippen LogP contribution in [0.2, 0.25) is 0 Å². The fraction of sp³-hybridized carbons (Fsp3) is 0.971. The molecule has 0 aliphatic heterocycles. The van der Waals surface area contributed by atoms with Crippen molar-refractivity contribution in [3.05, 3.63) is 0 Å². The number of unbranched alkanes of at least 4 members (excludes halogenated alkanes) is 21. The van der Waals surface area contributed by atoms with Crippen LogP contribution in [-0.2, 0) is 9.53 Å².